The molecule has 1 aliphatic carbocycles. The molecule has 1 heterocycles. The van der Waals surface area contributed by atoms with Gasteiger partial charge in [0.05, 0.1) is 6.33 Å². The number of carbonyl (C=O) groups is 2. The first kappa shape index (κ1) is 10.9. The summed E-state index contributed by atoms with van der Waals surface area (Å²) in [5, 5.41) is 2.94. The summed E-state index contributed by atoms with van der Waals surface area (Å²) in [6.45, 7) is 0.296. The van der Waals surface area contributed by atoms with E-state index in [1.807, 2.05) is 0 Å². The van der Waals surface area contributed by atoms with Gasteiger partial charge in [0.15, 0.2) is 0 Å². The van der Waals surface area contributed by atoms with Gasteiger partial charge in [-0.2, -0.15) is 0 Å². The summed E-state index contributed by atoms with van der Waals surface area (Å²) in [5.41, 5.74) is 0. The average Bonchev–Trinajstić information content (AvgIpc) is 2.74. The second kappa shape index (κ2) is 4.92. The molecule has 0 saturated heterocycles. The Labute approximate surface area is 93.9 Å². The molecule has 0 aromatic carbocycles. The Morgan fingerprint density at radius 1 is 1.50 bits per heavy atom. The molecule has 1 saturated carbocycles. The van der Waals surface area contributed by atoms with Gasteiger partial charge in [0, 0.05) is 31.3 Å². The van der Waals surface area contributed by atoms with E-state index in [0.717, 1.165) is 12.8 Å². The molecule has 2 rings (SSSR count). The topological polar surface area (TPSA) is 64.0 Å². The smallest absolute Gasteiger partial charge is 0.240 e. The lowest BCUT2D eigenvalue weighted by molar-refractivity contribution is -0.125. The third kappa shape index (κ3) is 2.92. The van der Waals surface area contributed by atoms with Gasteiger partial charge in [0.25, 0.3) is 0 Å². The van der Waals surface area contributed by atoms with E-state index >= 15 is 0 Å². The van der Waals surface area contributed by atoms with Gasteiger partial charge in [0.1, 0.15) is 12.3 Å². The van der Waals surface area contributed by atoms with Crippen molar-refractivity contribution in [3.63, 3.8) is 0 Å². The Bertz CT molecular complexity index is 363. The van der Waals surface area contributed by atoms with Crippen LogP contribution in [0.1, 0.15) is 25.7 Å². The fourth-order valence-electron chi connectivity index (χ4n) is 1.90. The van der Waals surface area contributed by atoms with Crippen molar-refractivity contribution in [1.29, 1.82) is 0 Å². The minimum Gasteiger partial charge on any atom is -0.352 e. The standard InChI is InChI=1S/C11H15N3O2/c15-10-3-1-9(2-4-10)13-11(16)7-14-6-5-12-8-14/h5-6,8-9H,1-4,7H2,(H,13,16). The van der Waals surface area contributed by atoms with Crippen LogP contribution in [0.25, 0.3) is 0 Å². The minimum atomic E-state index is -0.0163. The lowest BCUT2D eigenvalue weighted by Gasteiger charge is -2.22. The van der Waals surface area contributed by atoms with Gasteiger partial charge in [-0.25, -0.2) is 4.98 Å². The molecule has 5 heteroatoms. The van der Waals surface area contributed by atoms with E-state index in [0.29, 0.717) is 25.2 Å². The lowest BCUT2D eigenvalue weighted by Crippen LogP contribution is -2.39. The molecule has 1 N–H and O–H groups in total. The second-order valence-corrected chi connectivity index (χ2v) is 4.12. The van der Waals surface area contributed by atoms with Gasteiger partial charge in [0.2, 0.25) is 5.91 Å². The number of aromatic nitrogens is 2. The van der Waals surface area contributed by atoms with E-state index in [9.17, 15) is 9.59 Å². The molecule has 1 aliphatic rings. The molecular formula is C11H15N3O2. The number of carbonyl (C=O) groups excluding carboxylic acids is 2. The normalized spacial score (nSPS) is 17.4. The number of ketones is 1. The molecule has 1 aromatic rings. The first-order chi connectivity index (χ1) is 7.74. The van der Waals surface area contributed by atoms with Gasteiger partial charge < -0.3 is 9.88 Å². The largest absolute Gasteiger partial charge is 0.352 e. The Morgan fingerprint density at radius 3 is 2.88 bits per heavy atom. The summed E-state index contributed by atoms with van der Waals surface area (Å²) in [6, 6.07) is 0.161. The summed E-state index contributed by atoms with van der Waals surface area (Å²) < 4.78 is 1.73. The summed E-state index contributed by atoms with van der Waals surface area (Å²) >= 11 is 0. The van der Waals surface area contributed by atoms with Crippen LogP contribution in [0.3, 0.4) is 0 Å². The van der Waals surface area contributed by atoms with E-state index in [2.05, 4.69) is 10.3 Å². The number of hydrogen-bond donors (Lipinski definition) is 1. The second-order valence-electron chi connectivity index (χ2n) is 4.12. The van der Waals surface area contributed by atoms with Crippen LogP contribution >= 0.6 is 0 Å². The molecule has 16 heavy (non-hydrogen) atoms. The minimum absolute atomic E-state index is 0.0163. The van der Waals surface area contributed by atoms with E-state index in [4.69, 9.17) is 0 Å². The zero-order valence-electron chi connectivity index (χ0n) is 9.06. The molecule has 0 bridgehead atoms. The van der Waals surface area contributed by atoms with Crippen LogP contribution in [0, 0.1) is 0 Å². The van der Waals surface area contributed by atoms with E-state index in [1.54, 1.807) is 23.3 Å². The van der Waals surface area contributed by atoms with Gasteiger partial charge in [-0.1, -0.05) is 0 Å². The number of Topliss-reactive ketones (excluding diaryl/α,β-unsaturated/α-hetero) is 1. The van der Waals surface area contributed by atoms with Crippen LogP contribution in [-0.4, -0.2) is 27.3 Å². The van der Waals surface area contributed by atoms with Crippen molar-refractivity contribution in [3.05, 3.63) is 18.7 Å². The van der Waals surface area contributed by atoms with Crippen molar-refractivity contribution in [2.45, 2.75) is 38.3 Å². The highest BCUT2D eigenvalue weighted by atomic mass is 16.2. The monoisotopic (exact) mass is 221 g/mol. The fraction of sp³-hybridized carbons (Fsp3) is 0.545. The van der Waals surface area contributed by atoms with Crippen molar-refractivity contribution in [1.82, 2.24) is 14.9 Å². The lowest BCUT2D eigenvalue weighted by atomic mass is 9.94. The molecule has 0 aliphatic heterocycles. The zero-order valence-corrected chi connectivity index (χ0v) is 9.06. The molecule has 0 spiro atoms. The number of nitrogens with one attached hydrogen (secondary N) is 1. The summed E-state index contributed by atoms with van der Waals surface area (Å²) in [5.74, 6) is 0.289. The molecule has 0 atom stereocenters. The summed E-state index contributed by atoms with van der Waals surface area (Å²) in [4.78, 5) is 26.5. The molecule has 5 nitrogen and oxygen atoms in total. The van der Waals surface area contributed by atoms with Gasteiger partial charge in [-0.3, -0.25) is 9.59 Å². The molecule has 1 fully saturated rings. The maximum absolute atomic E-state index is 11.6. The highest BCUT2D eigenvalue weighted by molar-refractivity contribution is 5.80. The molecule has 0 radical (unpaired) electrons. The molecule has 1 amide bonds. The number of rotatable bonds is 3. The molecule has 86 valence electrons. The van der Waals surface area contributed by atoms with Crippen LogP contribution < -0.4 is 5.32 Å². The average molecular weight is 221 g/mol. The Balaban J connectivity index is 1.77. The zero-order chi connectivity index (χ0) is 11.4. The SMILES string of the molecule is O=C1CCC(NC(=O)Cn2ccnc2)CC1. The predicted octanol–water partition coefficient (Wildman–Crippen LogP) is 0.511. The predicted molar refractivity (Wildman–Crippen MR) is 57.6 cm³/mol. The first-order valence-corrected chi connectivity index (χ1v) is 5.51. The summed E-state index contributed by atoms with van der Waals surface area (Å²) in [7, 11) is 0. The van der Waals surface area contributed by atoms with Crippen LogP contribution in [0.2, 0.25) is 0 Å². The highest BCUT2D eigenvalue weighted by Crippen LogP contribution is 2.14. The van der Waals surface area contributed by atoms with Gasteiger partial charge in [-0.05, 0) is 12.8 Å². The number of nitrogens with zero attached hydrogens (tertiary/aromatic N) is 2. The van der Waals surface area contributed by atoms with Crippen molar-refractivity contribution >= 4 is 11.7 Å². The maximum Gasteiger partial charge on any atom is 0.240 e. The molecule has 0 unspecified atom stereocenters. The van der Waals surface area contributed by atoms with Crippen LogP contribution in [0.5, 0.6) is 0 Å². The summed E-state index contributed by atoms with van der Waals surface area (Å²) in [6.07, 6.45) is 7.75. The fourth-order valence-corrected chi connectivity index (χ4v) is 1.90. The van der Waals surface area contributed by atoms with Crippen molar-refractivity contribution < 1.29 is 9.59 Å². The number of imidazole rings is 1. The van der Waals surface area contributed by atoms with Crippen LogP contribution in [0.4, 0.5) is 0 Å². The van der Waals surface area contributed by atoms with Crippen molar-refractivity contribution in [2.24, 2.45) is 0 Å². The number of hydrogen-bond acceptors (Lipinski definition) is 3. The van der Waals surface area contributed by atoms with E-state index in [1.165, 1.54) is 0 Å². The third-order valence-corrected chi connectivity index (χ3v) is 2.79. The van der Waals surface area contributed by atoms with Gasteiger partial charge >= 0.3 is 0 Å². The molecule has 1 aromatic heterocycles. The molecular weight excluding hydrogens is 206 g/mol. The van der Waals surface area contributed by atoms with Gasteiger partial charge in [-0.15, -0.1) is 0 Å². The highest BCUT2D eigenvalue weighted by Gasteiger charge is 2.19. The van der Waals surface area contributed by atoms with Crippen LogP contribution in [0.15, 0.2) is 18.7 Å². The Morgan fingerprint density at radius 2 is 2.25 bits per heavy atom. The van der Waals surface area contributed by atoms with Crippen molar-refractivity contribution in [2.75, 3.05) is 0 Å². The first-order valence-electron chi connectivity index (χ1n) is 5.51. The maximum atomic E-state index is 11.6. The van der Waals surface area contributed by atoms with E-state index in [-0.39, 0.29) is 11.9 Å². The Kier molecular flexibility index (Phi) is 3.34. The quantitative estimate of drug-likeness (QED) is 0.809. The number of amides is 1. The Hall–Kier alpha value is -1.65. The van der Waals surface area contributed by atoms with Crippen LogP contribution in [-0.2, 0) is 16.1 Å². The van der Waals surface area contributed by atoms with Crippen molar-refractivity contribution in [3.8, 4) is 0 Å². The third-order valence-electron chi connectivity index (χ3n) is 2.79. The van der Waals surface area contributed by atoms with E-state index < -0.39 is 0 Å².